The van der Waals surface area contributed by atoms with Crippen LogP contribution in [0.4, 0.5) is 11.5 Å². The molecule has 2 aromatic rings. The number of rotatable bonds is 5. The highest BCUT2D eigenvalue weighted by molar-refractivity contribution is 5.93. The van der Waals surface area contributed by atoms with Gasteiger partial charge >= 0.3 is 0 Å². The average molecular weight is 352 g/mol. The summed E-state index contributed by atoms with van der Waals surface area (Å²) in [6.07, 6.45) is 0. The van der Waals surface area contributed by atoms with Crippen molar-refractivity contribution >= 4 is 17.4 Å². The Balaban J connectivity index is 1.50. The number of hydrogen-bond donors (Lipinski definition) is 1. The molecule has 1 fully saturated rings. The van der Waals surface area contributed by atoms with Gasteiger partial charge in [0.25, 0.3) is 0 Å². The zero-order valence-corrected chi connectivity index (χ0v) is 14.6. The van der Waals surface area contributed by atoms with Gasteiger partial charge in [0.1, 0.15) is 11.8 Å². The van der Waals surface area contributed by atoms with Gasteiger partial charge in [-0.1, -0.05) is 12.1 Å². The van der Waals surface area contributed by atoms with Crippen LogP contribution in [0.2, 0.25) is 0 Å². The molecule has 2 heterocycles. The van der Waals surface area contributed by atoms with Crippen LogP contribution in [0.3, 0.4) is 0 Å². The highest BCUT2D eigenvalue weighted by Crippen LogP contribution is 2.23. The normalized spacial score (nSPS) is 14.5. The number of aromatic nitrogens is 2. The lowest BCUT2D eigenvalue weighted by molar-refractivity contribution is -0.117. The molecule has 0 unspecified atom stereocenters. The number of anilines is 2. The van der Waals surface area contributed by atoms with E-state index in [-0.39, 0.29) is 5.91 Å². The molecule has 0 aliphatic carbocycles. The van der Waals surface area contributed by atoms with Gasteiger partial charge in [-0.2, -0.15) is 5.26 Å². The summed E-state index contributed by atoms with van der Waals surface area (Å²) in [5, 5.41) is 19.6. The first kappa shape index (κ1) is 17.6. The Morgan fingerprint density at radius 2 is 1.96 bits per heavy atom. The quantitative estimate of drug-likeness (QED) is 0.861. The van der Waals surface area contributed by atoms with Crippen LogP contribution < -0.4 is 15.0 Å². The molecule has 0 bridgehead atoms. The van der Waals surface area contributed by atoms with E-state index in [0.29, 0.717) is 23.7 Å². The average Bonchev–Trinajstić information content (AvgIpc) is 2.69. The monoisotopic (exact) mass is 352 g/mol. The van der Waals surface area contributed by atoms with Crippen LogP contribution >= 0.6 is 0 Å². The maximum atomic E-state index is 12.3. The third kappa shape index (κ3) is 4.26. The number of hydrogen-bond acceptors (Lipinski definition) is 7. The van der Waals surface area contributed by atoms with Crippen molar-refractivity contribution in [2.75, 3.05) is 50.1 Å². The molecule has 1 aliphatic heterocycles. The van der Waals surface area contributed by atoms with E-state index in [0.717, 1.165) is 32.0 Å². The predicted octanol–water partition coefficient (Wildman–Crippen LogP) is 1.12. The minimum absolute atomic E-state index is 0.0684. The number of nitrogens with one attached hydrogen (secondary N) is 1. The molecule has 0 radical (unpaired) electrons. The molecule has 0 spiro atoms. The third-order valence-electron chi connectivity index (χ3n) is 4.21. The fourth-order valence-electron chi connectivity index (χ4n) is 2.83. The van der Waals surface area contributed by atoms with E-state index in [9.17, 15) is 4.79 Å². The molecule has 1 aliphatic rings. The molecule has 3 rings (SSSR count). The summed E-state index contributed by atoms with van der Waals surface area (Å²) in [6, 6.07) is 12.8. The van der Waals surface area contributed by atoms with Crippen LogP contribution in [0.25, 0.3) is 0 Å². The van der Waals surface area contributed by atoms with Crippen molar-refractivity contribution in [3.05, 3.63) is 42.1 Å². The second-order valence-corrected chi connectivity index (χ2v) is 5.90. The van der Waals surface area contributed by atoms with Crippen LogP contribution in [0.15, 0.2) is 36.4 Å². The van der Waals surface area contributed by atoms with Crippen molar-refractivity contribution in [3.8, 4) is 11.8 Å². The maximum Gasteiger partial charge on any atom is 0.238 e. The Morgan fingerprint density at radius 3 is 2.62 bits per heavy atom. The number of carbonyl (C=O) groups is 1. The zero-order chi connectivity index (χ0) is 18.4. The Kier molecular flexibility index (Phi) is 5.61. The Bertz CT molecular complexity index is 794. The van der Waals surface area contributed by atoms with Crippen molar-refractivity contribution in [1.29, 1.82) is 5.26 Å². The van der Waals surface area contributed by atoms with Crippen molar-refractivity contribution in [3.63, 3.8) is 0 Å². The van der Waals surface area contributed by atoms with E-state index in [2.05, 4.69) is 25.3 Å². The van der Waals surface area contributed by atoms with Gasteiger partial charge in [0.2, 0.25) is 5.91 Å². The van der Waals surface area contributed by atoms with E-state index >= 15 is 0 Å². The largest absolute Gasteiger partial charge is 0.495 e. The van der Waals surface area contributed by atoms with Gasteiger partial charge < -0.3 is 15.0 Å². The minimum Gasteiger partial charge on any atom is -0.495 e. The van der Waals surface area contributed by atoms with E-state index < -0.39 is 0 Å². The molecule has 134 valence electrons. The van der Waals surface area contributed by atoms with E-state index in [1.807, 2.05) is 30.3 Å². The van der Waals surface area contributed by atoms with Gasteiger partial charge in [0, 0.05) is 26.2 Å². The minimum atomic E-state index is -0.0684. The fraction of sp³-hybridized carbons (Fsp3) is 0.333. The van der Waals surface area contributed by atoms with Crippen LogP contribution in [0, 0.1) is 11.3 Å². The molecule has 0 saturated carbocycles. The predicted molar refractivity (Wildman–Crippen MR) is 97.0 cm³/mol. The highest BCUT2D eigenvalue weighted by Gasteiger charge is 2.20. The fourth-order valence-corrected chi connectivity index (χ4v) is 2.83. The van der Waals surface area contributed by atoms with Gasteiger partial charge in [-0.15, -0.1) is 10.2 Å². The summed E-state index contributed by atoms with van der Waals surface area (Å²) in [5.41, 5.74) is 0.979. The molecule has 8 heteroatoms. The van der Waals surface area contributed by atoms with E-state index in [1.54, 1.807) is 19.2 Å². The van der Waals surface area contributed by atoms with Gasteiger partial charge in [-0.25, -0.2) is 0 Å². The number of methoxy groups -OCH3 is 1. The highest BCUT2D eigenvalue weighted by atomic mass is 16.5. The summed E-state index contributed by atoms with van der Waals surface area (Å²) < 4.78 is 5.25. The molecule has 1 aromatic heterocycles. The molecular weight excluding hydrogens is 332 g/mol. The lowest BCUT2D eigenvalue weighted by atomic mass is 10.2. The van der Waals surface area contributed by atoms with Crippen molar-refractivity contribution < 1.29 is 9.53 Å². The van der Waals surface area contributed by atoms with Crippen molar-refractivity contribution in [2.45, 2.75) is 0 Å². The molecule has 0 atom stereocenters. The Labute approximate surface area is 152 Å². The van der Waals surface area contributed by atoms with Crippen molar-refractivity contribution in [2.24, 2.45) is 0 Å². The summed E-state index contributed by atoms with van der Waals surface area (Å²) in [5.74, 6) is 1.33. The van der Waals surface area contributed by atoms with Gasteiger partial charge in [-0.3, -0.25) is 9.69 Å². The second-order valence-electron chi connectivity index (χ2n) is 5.90. The summed E-state index contributed by atoms with van der Waals surface area (Å²) in [7, 11) is 1.58. The molecule has 1 N–H and O–H groups in total. The summed E-state index contributed by atoms with van der Waals surface area (Å²) >= 11 is 0. The second kappa shape index (κ2) is 8.27. The number of ether oxygens (including phenoxy) is 1. The molecule has 1 aromatic carbocycles. The third-order valence-corrected chi connectivity index (χ3v) is 4.21. The summed E-state index contributed by atoms with van der Waals surface area (Å²) in [4.78, 5) is 16.5. The number of para-hydroxylation sites is 2. The maximum absolute atomic E-state index is 12.3. The first-order chi connectivity index (χ1) is 12.7. The first-order valence-corrected chi connectivity index (χ1v) is 8.33. The molecular formula is C18H20N6O2. The number of piperazine rings is 1. The van der Waals surface area contributed by atoms with E-state index in [4.69, 9.17) is 10.00 Å². The molecule has 1 saturated heterocycles. The lowest BCUT2D eigenvalue weighted by Crippen LogP contribution is -2.49. The van der Waals surface area contributed by atoms with Gasteiger partial charge in [-0.05, 0) is 24.3 Å². The summed E-state index contributed by atoms with van der Waals surface area (Å²) in [6.45, 7) is 3.33. The molecule has 8 nitrogen and oxygen atoms in total. The number of nitrogens with zero attached hydrogens (tertiary/aromatic N) is 5. The van der Waals surface area contributed by atoms with Crippen molar-refractivity contribution in [1.82, 2.24) is 15.1 Å². The zero-order valence-electron chi connectivity index (χ0n) is 14.6. The van der Waals surface area contributed by atoms with Crippen LogP contribution in [-0.4, -0.2) is 60.8 Å². The van der Waals surface area contributed by atoms with Crippen LogP contribution in [0.1, 0.15) is 5.69 Å². The number of amides is 1. The van der Waals surface area contributed by atoms with Crippen LogP contribution in [-0.2, 0) is 4.79 Å². The standard InChI is InChI=1S/C18H20N6O2/c1-26-16-5-3-2-4-15(16)20-18(25)13-23-8-10-24(11-9-23)17-7-6-14(12-19)21-22-17/h2-7H,8-11,13H2,1H3,(H,20,25). The Morgan fingerprint density at radius 1 is 1.19 bits per heavy atom. The van der Waals surface area contributed by atoms with Gasteiger partial charge in [0.15, 0.2) is 11.5 Å². The Hall–Kier alpha value is -3.18. The van der Waals surface area contributed by atoms with E-state index in [1.165, 1.54) is 0 Å². The SMILES string of the molecule is COc1ccccc1NC(=O)CN1CCN(c2ccc(C#N)nn2)CC1. The molecule has 1 amide bonds. The lowest BCUT2D eigenvalue weighted by Gasteiger charge is -2.34. The topological polar surface area (TPSA) is 94.4 Å². The number of benzene rings is 1. The smallest absolute Gasteiger partial charge is 0.238 e. The number of nitriles is 1. The van der Waals surface area contributed by atoms with Crippen LogP contribution in [0.5, 0.6) is 5.75 Å². The first-order valence-electron chi connectivity index (χ1n) is 8.33. The molecule has 26 heavy (non-hydrogen) atoms. The number of carbonyl (C=O) groups excluding carboxylic acids is 1. The van der Waals surface area contributed by atoms with Gasteiger partial charge in [0.05, 0.1) is 19.3 Å².